The number of rotatable bonds is 4. The number of unbranched alkanes of at least 4 members (excludes halogenated alkanes) is 3. The molecule has 0 amide bonds. The van der Waals surface area contributed by atoms with Crippen LogP contribution in [0.4, 0.5) is 0 Å². The first-order valence-electron chi connectivity index (χ1n) is 4.82. The summed E-state index contributed by atoms with van der Waals surface area (Å²) < 4.78 is 0. The molecule has 0 bridgehead atoms. The van der Waals surface area contributed by atoms with Gasteiger partial charge in [-0.25, -0.2) is 4.79 Å². The fourth-order valence-corrected chi connectivity index (χ4v) is 0.500. The highest BCUT2D eigenvalue weighted by atomic mass is 16.4. The number of carboxylic acids is 1. The topological polar surface area (TPSA) is 57.5 Å². The zero-order valence-electron chi connectivity index (χ0n) is 9.13. The molecule has 0 aliphatic rings. The van der Waals surface area contributed by atoms with Crippen LogP contribution >= 0.6 is 0 Å². The van der Waals surface area contributed by atoms with E-state index in [1.165, 1.54) is 39.5 Å². The Morgan fingerprint density at radius 2 is 1.38 bits per heavy atom. The molecule has 0 aromatic carbocycles. The van der Waals surface area contributed by atoms with E-state index in [0.717, 1.165) is 0 Å². The van der Waals surface area contributed by atoms with Crippen molar-refractivity contribution < 1.29 is 15.0 Å². The number of carboxylic acid groups (broad SMARTS) is 1. The standard InChI is InChI=1S/C6H14.C4H8O3/c1-3-5-6-4-2;1-4(2,7)3(5)6/h3-6H2,1-2H3;7H,1-2H3,(H,5,6). The summed E-state index contributed by atoms with van der Waals surface area (Å²) in [6, 6.07) is 0. The maximum atomic E-state index is 9.77. The van der Waals surface area contributed by atoms with Crippen LogP contribution in [0.15, 0.2) is 0 Å². The minimum Gasteiger partial charge on any atom is -0.479 e. The second kappa shape index (κ2) is 8.05. The Bertz CT molecular complexity index is 121. The van der Waals surface area contributed by atoms with Crippen LogP contribution in [0.3, 0.4) is 0 Å². The Kier molecular flexibility index (Phi) is 9.24. The van der Waals surface area contributed by atoms with Crippen molar-refractivity contribution in [1.29, 1.82) is 0 Å². The summed E-state index contributed by atoms with van der Waals surface area (Å²) in [6.07, 6.45) is 5.54. The Balaban J connectivity index is 0. The lowest BCUT2D eigenvalue weighted by molar-refractivity contribution is -0.154. The van der Waals surface area contributed by atoms with Gasteiger partial charge in [0.05, 0.1) is 0 Å². The van der Waals surface area contributed by atoms with E-state index in [-0.39, 0.29) is 0 Å². The summed E-state index contributed by atoms with van der Waals surface area (Å²) in [5.41, 5.74) is -1.58. The lowest BCUT2D eigenvalue weighted by Crippen LogP contribution is -2.30. The fraction of sp³-hybridized carbons (Fsp3) is 0.900. The smallest absolute Gasteiger partial charge is 0.335 e. The molecule has 0 spiro atoms. The first-order chi connectivity index (χ1) is 5.86. The van der Waals surface area contributed by atoms with E-state index >= 15 is 0 Å². The lowest BCUT2D eigenvalue weighted by atomic mass is 10.1. The van der Waals surface area contributed by atoms with Crippen LogP contribution in [-0.4, -0.2) is 21.8 Å². The van der Waals surface area contributed by atoms with Gasteiger partial charge in [0.15, 0.2) is 5.60 Å². The van der Waals surface area contributed by atoms with Crippen LogP contribution in [-0.2, 0) is 4.79 Å². The predicted molar refractivity (Wildman–Crippen MR) is 53.7 cm³/mol. The van der Waals surface area contributed by atoms with Crippen molar-refractivity contribution in [2.75, 3.05) is 0 Å². The van der Waals surface area contributed by atoms with Gasteiger partial charge in [-0.3, -0.25) is 0 Å². The molecule has 0 unspecified atom stereocenters. The zero-order valence-corrected chi connectivity index (χ0v) is 9.13. The summed E-state index contributed by atoms with van der Waals surface area (Å²) in [4.78, 5) is 9.77. The number of hydrogen-bond donors (Lipinski definition) is 2. The third kappa shape index (κ3) is 14.3. The van der Waals surface area contributed by atoms with Crippen LogP contribution in [0.1, 0.15) is 53.4 Å². The Morgan fingerprint density at radius 3 is 1.46 bits per heavy atom. The van der Waals surface area contributed by atoms with Crippen molar-refractivity contribution in [3.05, 3.63) is 0 Å². The molecule has 0 fully saturated rings. The summed E-state index contributed by atoms with van der Waals surface area (Å²) in [5.74, 6) is -1.20. The lowest BCUT2D eigenvalue weighted by Gasteiger charge is -2.07. The van der Waals surface area contributed by atoms with Gasteiger partial charge < -0.3 is 10.2 Å². The van der Waals surface area contributed by atoms with Crippen LogP contribution in [0.25, 0.3) is 0 Å². The molecule has 0 aromatic heterocycles. The van der Waals surface area contributed by atoms with Gasteiger partial charge in [-0.1, -0.05) is 39.5 Å². The number of aliphatic carboxylic acids is 1. The summed E-state index contributed by atoms with van der Waals surface area (Å²) in [6.45, 7) is 6.90. The molecule has 0 rings (SSSR count). The fourth-order valence-electron chi connectivity index (χ4n) is 0.500. The molecule has 0 aromatic rings. The maximum Gasteiger partial charge on any atom is 0.335 e. The van der Waals surface area contributed by atoms with E-state index in [0.29, 0.717) is 0 Å². The number of carbonyl (C=O) groups is 1. The van der Waals surface area contributed by atoms with Crippen molar-refractivity contribution in [2.45, 2.75) is 59.0 Å². The molecule has 3 heteroatoms. The molecule has 13 heavy (non-hydrogen) atoms. The van der Waals surface area contributed by atoms with Gasteiger partial charge in [-0.15, -0.1) is 0 Å². The van der Waals surface area contributed by atoms with Gasteiger partial charge in [0.25, 0.3) is 0 Å². The normalized spacial score (nSPS) is 10.2. The van der Waals surface area contributed by atoms with Crippen molar-refractivity contribution in [3.8, 4) is 0 Å². The van der Waals surface area contributed by atoms with Crippen LogP contribution in [0.2, 0.25) is 0 Å². The quantitative estimate of drug-likeness (QED) is 0.669. The average Bonchev–Trinajstić information content (AvgIpc) is 2.00. The van der Waals surface area contributed by atoms with Crippen molar-refractivity contribution in [1.82, 2.24) is 0 Å². The van der Waals surface area contributed by atoms with E-state index in [1.54, 1.807) is 0 Å². The first kappa shape index (κ1) is 14.9. The van der Waals surface area contributed by atoms with Gasteiger partial charge >= 0.3 is 5.97 Å². The van der Waals surface area contributed by atoms with Gasteiger partial charge in [0.1, 0.15) is 0 Å². The summed E-state index contributed by atoms with van der Waals surface area (Å²) >= 11 is 0. The molecule has 0 aliphatic carbocycles. The highest BCUT2D eigenvalue weighted by molar-refractivity contribution is 5.75. The maximum absolute atomic E-state index is 9.77. The molecule has 0 aliphatic heterocycles. The van der Waals surface area contributed by atoms with Crippen LogP contribution < -0.4 is 0 Å². The molecule has 0 saturated heterocycles. The van der Waals surface area contributed by atoms with Crippen LogP contribution in [0.5, 0.6) is 0 Å². The predicted octanol–water partition coefficient (Wildman–Crippen LogP) is 2.43. The molecule has 2 N–H and O–H groups in total. The first-order valence-corrected chi connectivity index (χ1v) is 4.82. The minimum atomic E-state index is -1.58. The largest absolute Gasteiger partial charge is 0.479 e. The molecular weight excluding hydrogens is 168 g/mol. The highest BCUT2D eigenvalue weighted by Gasteiger charge is 2.21. The Labute approximate surface area is 80.8 Å². The second-order valence-corrected chi connectivity index (χ2v) is 3.57. The van der Waals surface area contributed by atoms with Gasteiger partial charge in [-0.05, 0) is 13.8 Å². The molecular formula is C10H22O3. The molecule has 3 nitrogen and oxygen atoms in total. The minimum absolute atomic E-state index is 1.20. The van der Waals surface area contributed by atoms with E-state index < -0.39 is 11.6 Å². The van der Waals surface area contributed by atoms with Crippen molar-refractivity contribution >= 4 is 5.97 Å². The van der Waals surface area contributed by atoms with Crippen molar-refractivity contribution in [3.63, 3.8) is 0 Å². The van der Waals surface area contributed by atoms with E-state index in [9.17, 15) is 4.79 Å². The molecule has 0 heterocycles. The Morgan fingerprint density at radius 1 is 1.15 bits per heavy atom. The summed E-state index contributed by atoms with van der Waals surface area (Å²) in [5, 5.41) is 16.5. The molecule has 0 atom stereocenters. The summed E-state index contributed by atoms with van der Waals surface area (Å²) in [7, 11) is 0. The van der Waals surface area contributed by atoms with E-state index in [2.05, 4.69) is 13.8 Å². The SMILES string of the molecule is CC(C)(O)C(=O)O.CCCCCC. The molecule has 0 radical (unpaired) electrons. The van der Waals surface area contributed by atoms with Gasteiger partial charge in [0.2, 0.25) is 0 Å². The highest BCUT2D eigenvalue weighted by Crippen LogP contribution is 1.97. The number of hydrogen-bond acceptors (Lipinski definition) is 2. The third-order valence-corrected chi connectivity index (χ3v) is 1.48. The number of aliphatic hydroxyl groups is 1. The molecule has 0 saturated carbocycles. The van der Waals surface area contributed by atoms with E-state index in [1.807, 2.05) is 0 Å². The van der Waals surface area contributed by atoms with Crippen molar-refractivity contribution in [2.24, 2.45) is 0 Å². The Hall–Kier alpha value is -0.570. The average molecular weight is 190 g/mol. The van der Waals surface area contributed by atoms with E-state index in [4.69, 9.17) is 10.2 Å². The molecule has 80 valence electrons. The third-order valence-electron chi connectivity index (χ3n) is 1.48. The van der Waals surface area contributed by atoms with Gasteiger partial charge in [-0.2, -0.15) is 0 Å². The monoisotopic (exact) mass is 190 g/mol. The second-order valence-electron chi connectivity index (χ2n) is 3.57. The van der Waals surface area contributed by atoms with Crippen LogP contribution in [0, 0.1) is 0 Å². The zero-order chi connectivity index (χ0) is 10.9. The van der Waals surface area contributed by atoms with Gasteiger partial charge in [0, 0.05) is 0 Å².